The number of nitrogens with zero attached hydrogens (tertiary/aromatic N) is 6. The summed E-state index contributed by atoms with van der Waals surface area (Å²) in [7, 11) is 1.92. The molecule has 0 aliphatic carbocycles. The molecule has 0 radical (unpaired) electrons. The lowest BCUT2D eigenvalue weighted by molar-refractivity contribution is 1.22. The summed E-state index contributed by atoms with van der Waals surface area (Å²) in [5, 5.41) is 36.8. The van der Waals surface area contributed by atoms with Gasteiger partial charge in [-0.3, -0.25) is 0 Å². The number of nitrogens with one attached hydrogen (secondary N) is 1. The van der Waals surface area contributed by atoms with Crippen molar-refractivity contribution in [2.45, 2.75) is 0 Å². The van der Waals surface area contributed by atoms with E-state index in [1.165, 1.54) is 0 Å². The zero-order valence-electron chi connectivity index (χ0n) is 24.0. The average molecular weight is 570 g/mol. The molecule has 0 spiro atoms. The molecule has 44 heavy (non-hydrogen) atoms. The SMILES string of the molecule is CNc1ccc(N=Nc2ccc(N=Nc3ccc(N=Nc4cccc5ccccc45)cc3)c3ccccc23)c2ccccc12. The van der Waals surface area contributed by atoms with E-state index in [0.717, 1.165) is 72.1 Å². The first kappa shape index (κ1) is 26.8. The number of benzene rings is 7. The Balaban J connectivity index is 1.12. The van der Waals surface area contributed by atoms with E-state index in [-0.39, 0.29) is 0 Å². The molecule has 210 valence electrons. The Morgan fingerprint density at radius 1 is 0.341 bits per heavy atom. The third-order valence-electron chi connectivity index (χ3n) is 7.48. The van der Waals surface area contributed by atoms with Gasteiger partial charge in [-0.2, -0.15) is 10.2 Å². The first-order valence-electron chi connectivity index (χ1n) is 14.3. The summed E-state index contributed by atoms with van der Waals surface area (Å²) >= 11 is 0. The third kappa shape index (κ3) is 5.42. The van der Waals surface area contributed by atoms with E-state index in [9.17, 15) is 0 Å². The molecule has 0 saturated carbocycles. The van der Waals surface area contributed by atoms with Crippen LogP contribution in [-0.2, 0) is 0 Å². The fourth-order valence-corrected chi connectivity index (χ4v) is 5.24. The molecule has 7 nitrogen and oxygen atoms in total. The first-order valence-corrected chi connectivity index (χ1v) is 14.3. The van der Waals surface area contributed by atoms with E-state index >= 15 is 0 Å². The molecule has 0 fully saturated rings. The molecule has 7 aromatic carbocycles. The highest BCUT2D eigenvalue weighted by Crippen LogP contribution is 2.37. The summed E-state index contributed by atoms with van der Waals surface area (Å²) in [4.78, 5) is 0. The Morgan fingerprint density at radius 2 is 0.750 bits per heavy atom. The number of fused-ring (bicyclic) bond motifs is 3. The fraction of sp³-hybridized carbons (Fsp3) is 0.0270. The molecule has 0 aromatic heterocycles. The quantitative estimate of drug-likeness (QED) is 0.190. The summed E-state index contributed by atoms with van der Waals surface area (Å²) < 4.78 is 0. The average Bonchev–Trinajstić information content (AvgIpc) is 3.09. The minimum Gasteiger partial charge on any atom is -0.388 e. The van der Waals surface area contributed by atoms with Crippen molar-refractivity contribution in [3.05, 3.63) is 140 Å². The van der Waals surface area contributed by atoms with Gasteiger partial charge in [-0.05, 0) is 60.0 Å². The second kappa shape index (κ2) is 12.0. The molecule has 0 heterocycles. The molecule has 7 heteroatoms. The van der Waals surface area contributed by atoms with Gasteiger partial charge < -0.3 is 5.32 Å². The van der Waals surface area contributed by atoms with Crippen LogP contribution in [0.15, 0.2) is 170 Å². The van der Waals surface area contributed by atoms with Crippen molar-refractivity contribution in [1.29, 1.82) is 0 Å². The Labute approximate surface area is 254 Å². The van der Waals surface area contributed by atoms with Crippen molar-refractivity contribution < 1.29 is 0 Å². The van der Waals surface area contributed by atoms with Crippen LogP contribution < -0.4 is 5.32 Å². The topological polar surface area (TPSA) is 86.2 Å². The molecule has 0 aliphatic heterocycles. The smallest absolute Gasteiger partial charge is 0.0936 e. The van der Waals surface area contributed by atoms with Crippen molar-refractivity contribution in [2.75, 3.05) is 12.4 Å². The minimum atomic E-state index is 0.721. The number of hydrogen-bond donors (Lipinski definition) is 1. The van der Waals surface area contributed by atoms with Gasteiger partial charge in [0.05, 0.1) is 34.1 Å². The van der Waals surface area contributed by atoms with Gasteiger partial charge in [-0.1, -0.05) is 84.9 Å². The van der Waals surface area contributed by atoms with Crippen LogP contribution in [-0.4, -0.2) is 7.05 Å². The molecule has 0 aliphatic rings. The lowest BCUT2D eigenvalue weighted by Crippen LogP contribution is -1.88. The van der Waals surface area contributed by atoms with Crippen molar-refractivity contribution in [3.63, 3.8) is 0 Å². The maximum absolute atomic E-state index is 4.65. The van der Waals surface area contributed by atoms with Crippen molar-refractivity contribution >= 4 is 72.1 Å². The van der Waals surface area contributed by atoms with Gasteiger partial charge in [0.15, 0.2) is 0 Å². The standard InChI is InChI=1S/C37H27N7/c1-38-33-21-22-36(30-13-5-4-12-29(30)33)43-44-37-24-23-35(31-14-6-7-15-32(31)37)42-40-27-19-17-26(18-20-27)39-41-34-16-8-10-25-9-2-3-11-28(25)34/h2-24,38H,1H3. The molecule has 7 aromatic rings. The van der Waals surface area contributed by atoms with E-state index in [1.54, 1.807) is 0 Å². The molecule has 0 saturated heterocycles. The highest BCUT2D eigenvalue weighted by molar-refractivity contribution is 6.02. The van der Waals surface area contributed by atoms with Gasteiger partial charge in [-0.15, -0.1) is 20.5 Å². The van der Waals surface area contributed by atoms with Gasteiger partial charge in [0.2, 0.25) is 0 Å². The van der Waals surface area contributed by atoms with Crippen LogP contribution in [0.4, 0.5) is 39.8 Å². The lowest BCUT2D eigenvalue weighted by Gasteiger charge is -2.08. The molecular formula is C37H27N7. The summed E-state index contributed by atoms with van der Waals surface area (Å²) in [6.45, 7) is 0. The largest absolute Gasteiger partial charge is 0.388 e. The zero-order chi connectivity index (χ0) is 29.7. The molecule has 7 rings (SSSR count). The minimum absolute atomic E-state index is 0.721. The van der Waals surface area contributed by atoms with Crippen LogP contribution in [0.1, 0.15) is 0 Å². The maximum Gasteiger partial charge on any atom is 0.0936 e. The number of rotatable bonds is 7. The van der Waals surface area contributed by atoms with Crippen molar-refractivity contribution in [2.24, 2.45) is 30.7 Å². The number of hydrogen-bond acceptors (Lipinski definition) is 7. The fourth-order valence-electron chi connectivity index (χ4n) is 5.24. The van der Waals surface area contributed by atoms with Crippen LogP contribution in [0.25, 0.3) is 32.3 Å². The van der Waals surface area contributed by atoms with Crippen LogP contribution in [0.2, 0.25) is 0 Å². The van der Waals surface area contributed by atoms with E-state index in [1.807, 2.05) is 116 Å². The number of azo groups is 3. The van der Waals surface area contributed by atoms with Crippen LogP contribution in [0.3, 0.4) is 0 Å². The van der Waals surface area contributed by atoms with Crippen molar-refractivity contribution in [3.8, 4) is 0 Å². The molecule has 0 atom stereocenters. The maximum atomic E-state index is 4.65. The van der Waals surface area contributed by atoms with Gasteiger partial charge in [0, 0.05) is 39.7 Å². The van der Waals surface area contributed by atoms with Gasteiger partial charge in [0.25, 0.3) is 0 Å². The lowest BCUT2D eigenvalue weighted by atomic mass is 10.1. The molecular weight excluding hydrogens is 542 g/mol. The summed E-state index contributed by atoms with van der Waals surface area (Å²) in [6.07, 6.45) is 0. The first-order chi connectivity index (χ1) is 21.8. The van der Waals surface area contributed by atoms with E-state index < -0.39 is 0 Å². The van der Waals surface area contributed by atoms with E-state index in [2.05, 4.69) is 66.3 Å². The van der Waals surface area contributed by atoms with Gasteiger partial charge in [-0.25, -0.2) is 0 Å². The normalized spacial score (nSPS) is 11.9. The molecule has 1 N–H and O–H groups in total. The molecule has 0 bridgehead atoms. The van der Waals surface area contributed by atoms with Gasteiger partial charge in [0.1, 0.15) is 0 Å². The van der Waals surface area contributed by atoms with E-state index in [4.69, 9.17) is 0 Å². The second-order valence-corrected chi connectivity index (χ2v) is 10.2. The van der Waals surface area contributed by atoms with Crippen LogP contribution >= 0.6 is 0 Å². The predicted octanol–water partition coefficient (Wildman–Crippen LogP) is 12.4. The monoisotopic (exact) mass is 569 g/mol. The number of anilines is 1. The van der Waals surface area contributed by atoms with E-state index in [0.29, 0.717) is 0 Å². The van der Waals surface area contributed by atoms with Crippen molar-refractivity contribution in [1.82, 2.24) is 0 Å². The Bertz CT molecular complexity index is 2210. The Morgan fingerprint density at radius 3 is 1.32 bits per heavy atom. The highest BCUT2D eigenvalue weighted by Gasteiger charge is 2.08. The Hall–Kier alpha value is -6.08. The third-order valence-corrected chi connectivity index (χ3v) is 7.48. The zero-order valence-corrected chi connectivity index (χ0v) is 24.0. The van der Waals surface area contributed by atoms with Crippen LogP contribution in [0, 0.1) is 0 Å². The molecule has 0 unspecified atom stereocenters. The summed E-state index contributed by atoms with van der Waals surface area (Å²) in [5.74, 6) is 0. The summed E-state index contributed by atoms with van der Waals surface area (Å²) in [5.41, 5.74) is 5.68. The van der Waals surface area contributed by atoms with Crippen LogP contribution in [0.5, 0.6) is 0 Å². The summed E-state index contributed by atoms with van der Waals surface area (Å²) in [6, 6.07) is 45.8. The molecule has 0 amide bonds. The highest BCUT2D eigenvalue weighted by atomic mass is 15.1. The van der Waals surface area contributed by atoms with Gasteiger partial charge >= 0.3 is 0 Å². The second-order valence-electron chi connectivity index (χ2n) is 10.2. The Kier molecular flexibility index (Phi) is 7.33. The predicted molar refractivity (Wildman–Crippen MR) is 180 cm³/mol.